The van der Waals surface area contributed by atoms with E-state index in [4.69, 9.17) is 9.47 Å². The number of ether oxygens (including phenoxy) is 2. The monoisotopic (exact) mass is 394 g/mol. The van der Waals surface area contributed by atoms with E-state index in [1.165, 1.54) is 11.1 Å². The normalized spacial score (nSPS) is 16.9. The molecule has 0 unspecified atom stereocenters. The number of hydrogen-bond acceptors (Lipinski definition) is 4. The van der Waals surface area contributed by atoms with E-state index in [0.717, 1.165) is 49.5 Å². The predicted molar refractivity (Wildman–Crippen MR) is 113 cm³/mol. The Hall–Kier alpha value is -2.53. The van der Waals surface area contributed by atoms with Gasteiger partial charge in [0.1, 0.15) is 13.2 Å². The minimum atomic E-state index is 0.151. The molecule has 154 valence electrons. The van der Waals surface area contributed by atoms with Crippen molar-refractivity contribution in [2.24, 2.45) is 5.92 Å². The number of amides is 1. The summed E-state index contributed by atoms with van der Waals surface area (Å²) in [6.07, 6.45) is 2.23. The lowest BCUT2D eigenvalue weighted by molar-refractivity contribution is 0.0793. The van der Waals surface area contributed by atoms with Gasteiger partial charge in [0.2, 0.25) is 0 Å². The molecule has 29 heavy (non-hydrogen) atoms. The zero-order valence-corrected chi connectivity index (χ0v) is 17.3. The third kappa shape index (κ3) is 4.56. The molecule has 2 aromatic carbocycles. The van der Waals surface area contributed by atoms with E-state index < -0.39 is 0 Å². The predicted octanol–water partition coefficient (Wildman–Crippen LogP) is 4.18. The van der Waals surface area contributed by atoms with Crippen LogP contribution in [0.5, 0.6) is 11.5 Å². The highest BCUT2D eigenvalue weighted by Gasteiger charge is 2.21. The Morgan fingerprint density at radius 3 is 2.38 bits per heavy atom. The van der Waals surface area contributed by atoms with Gasteiger partial charge in [-0.25, -0.2) is 0 Å². The molecule has 0 saturated carbocycles. The summed E-state index contributed by atoms with van der Waals surface area (Å²) in [6, 6.07) is 14.4. The summed E-state index contributed by atoms with van der Waals surface area (Å²) in [5.41, 5.74) is 3.15. The maximum atomic E-state index is 12.5. The summed E-state index contributed by atoms with van der Waals surface area (Å²) in [7, 11) is 0. The second-order valence-corrected chi connectivity index (χ2v) is 8.20. The molecule has 0 radical (unpaired) electrons. The van der Waals surface area contributed by atoms with Crippen LogP contribution >= 0.6 is 0 Å². The number of carbonyl (C=O) groups excluding carboxylic acids is 1. The Morgan fingerprint density at radius 1 is 1.00 bits per heavy atom. The molecule has 0 bridgehead atoms. The second-order valence-electron chi connectivity index (χ2n) is 8.20. The first-order valence-electron chi connectivity index (χ1n) is 10.6. The quantitative estimate of drug-likeness (QED) is 0.799. The lowest BCUT2D eigenvalue weighted by Gasteiger charge is -2.25. The Labute approximate surface area is 173 Å². The Balaban J connectivity index is 1.41. The highest BCUT2D eigenvalue weighted by Crippen LogP contribution is 2.34. The number of nitrogens with one attached hydrogen (secondary N) is 1. The van der Waals surface area contributed by atoms with Crippen molar-refractivity contribution in [2.75, 3.05) is 26.3 Å². The summed E-state index contributed by atoms with van der Waals surface area (Å²) in [5.74, 6) is 2.22. The first-order valence-corrected chi connectivity index (χ1v) is 10.6. The minimum absolute atomic E-state index is 0.151. The molecule has 0 aliphatic carbocycles. The summed E-state index contributed by atoms with van der Waals surface area (Å²) in [5, 5.41) is 3.67. The van der Waals surface area contributed by atoms with Crippen molar-refractivity contribution in [3.8, 4) is 11.5 Å². The Bertz CT molecular complexity index is 842. The van der Waals surface area contributed by atoms with Gasteiger partial charge in [-0.05, 0) is 54.2 Å². The number of rotatable bonds is 6. The van der Waals surface area contributed by atoms with E-state index >= 15 is 0 Å². The zero-order chi connectivity index (χ0) is 20.2. The first kappa shape index (κ1) is 19.8. The van der Waals surface area contributed by atoms with E-state index in [1.807, 2.05) is 23.1 Å². The van der Waals surface area contributed by atoms with Crippen molar-refractivity contribution in [3.05, 3.63) is 59.2 Å². The molecule has 1 N–H and O–H groups in total. The van der Waals surface area contributed by atoms with Crippen molar-refractivity contribution in [1.82, 2.24) is 10.2 Å². The van der Waals surface area contributed by atoms with Gasteiger partial charge in [-0.1, -0.05) is 32.0 Å². The first-order chi connectivity index (χ1) is 14.1. The molecule has 2 aliphatic heterocycles. The van der Waals surface area contributed by atoms with Gasteiger partial charge < -0.3 is 19.7 Å². The third-order valence-corrected chi connectivity index (χ3v) is 5.71. The van der Waals surface area contributed by atoms with Crippen LogP contribution in [-0.2, 0) is 6.54 Å². The van der Waals surface area contributed by atoms with Crippen LogP contribution in [0.15, 0.2) is 42.5 Å². The topological polar surface area (TPSA) is 50.8 Å². The van der Waals surface area contributed by atoms with Gasteiger partial charge in [0.05, 0.1) is 0 Å². The number of likely N-dealkylation sites (tertiary alicyclic amines) is 1. The van der Waals surface area contributed by atoms with E-state index in [1.54, 1.807) is 0 Å². The molecule has 5 nitrogen and oxygen atoms in total. The molecule has 0 spiro atoms. The van der Waals surface area contributed by atoms with E-state index in [9.17, 15) is 4.79 Å². The molecule has 2 aliphatic rings. The maximum Gasteiger partial charge on any atom is 0.253 e. The lowest BCUT2D eigenvalue weighted by Crippen LogP contribution is -2.27. The fraction of sp³-hybridized carbons (Fsp3) is 0.458. The number of carbonyl (C=O) groups is 1. The van der Waals surface area contributed by atoms with Gasteiger partial charge in [-0.15, -0.1) is 0 Å². The average molecular weight is 395 g/mol. The van der Waals surface area contributed by atoms with Crippen molar-refractivity contribution in [2.45, 2.75) is 39.3 Å². The average Bonchev–Trinajstić information content (AvgIpc) is 3.28. The van der Waals surface area contributed by atoms with Gasteiger partial charge in [0.25, 0.3) is 5.91 Å². The second kappa shape index (κ2) is 8.87. The standard InChI is InChI=1S/C24H30N2O3/c1-17(2)23(20-9-10-21-22(15-20)29-14-13-28-21)25-16-18-5-7-19(8-6-18)24(27)26-11-3-4-12-26/h5-10,15,17,23,25H,3-4,11-14,16H2,1-2H3/t23-/m0/s1. The van der Waals surface area contributed by atoms with Gasteiger partial charge in [0.15, 0.2) is 11.5 Å². The molecule has 2 aromatic rings. The SMILES string of the molecule is CC(C)[C@H](NCc1ccc(C(=O)N2CCCC2)cc1)c1ccc2c(c1)OCCO2. The molecule has 1 fully saturated rings. The van der Waals surface area contributed by atoms with Crippen molar-refractivity contribution < 1.29 is 14.3 Å². The molecule has 1 amide bonds. The maximum absolute atomic E-state index is 12.5. The molecule has 5 heteroatoms. The Kier molecular flexibility index (Phi) is 6.05. The van der Waals surface area contributed by atoms with Gasteiger partial charge in [-0.3, -0.25) is 4.79 Å². The van der Waals surface area contributed by atoms with Crippen LogP contribution in [0, 0.1) is 5.92 Å². The van der Waals surface area contributed by atoms with Crippen LogP contribution in [0.2, 0.25) is 0 Å². The summed E-state index contributed by atoms with van der Waals surface area (Å²) in [4.78, 5) is 14.5. The number of nitrogens with zero attached hydrogens (tertiary/aromatic N) is 1. The highest BCUT2D eigenvalue weighted by atomic mass is 16.6. The Morgan fingerprint density at radius 2 is 1.69 bits per heavy atom. The van der Waals surface area contributed by atoms with Crippen LogP contribution in [-0.4, -0.2) is 37.1 Å². The fourth-order valence-corrected chi connectivity index (χ4v) is 4.09. The van der Waals surface area contributed by atoms with Crippen LogP contribution in [0.4, 0.5) is 0 Å². The zero-order valence-electron chi connectivity index (χ0n) is 17.3. The number of hydrogen-bond donors (Lipinski definition) is 1. The molecule has 1 atom stereocenters. The van der Waals surface area contributed by atoms with Crippen LogP contribution in [0.3, 0.4) is 0 Å². The van der Waals surface area contributed by atoms with E-state index in [2.05, 4.69) is 43.4 Å². The van der Waals surface area contributed by atoms with E-state index in [-0.39, 0.29) is 11.9 Å². The van der Waals surface area contributed by atoms with E-state index in [0.29, 0.717) is 19.1 Å². The summed E-state index contributed by atoms with van der Waals surface area (Å²) < 4.78 is 11.4. The lowest BCUT2D eigenvalue weighted by atomic mass is 9.95. The van der Waals surface area contributed by atoms with Crippen LogP contribution in [0.25, 0.3) is 0 Å². The smallest absolute Gasteiger partial charge is 0.253 e. The highest BCUT2D eigenvalue weighted by molar-refractivity contribution is 5.94. The number of benzene rings is 2. The number of fused-ring (bicyclic) bond motifs is 1. The molecule has 1 saturated heterocycles. The molecule has 2 heterocycles. The van der Waals surface area contributed by atoms with Gasteiger partial charge in [0, 0.05) is 31.2 Å². The fourth-order valence-electron chi connectivity index (χ4n) is 4.09. The van der Waals surface area contributed by atoms with Crippen molar-refractivity contribution in [1.29, 1.82) is 0 Å². The summed E-state index contributed by atoms with van der Waals surface area (Å²) >= 11 is 0. The molecular formula is C24H30N2O3. The third-order valence-electron chi connectivity index (χ3n) is 5.71. The minimum Gasteiger partial charge on any atom is -0.486 e. The van der Waals surface area contributed by atoms with Gasteiger partial charge >= 0.3 is 0 Å². The molecule has 0 aromatic heterocycles. The van der Waals surface area contributed by atoms with Crippen LogP contribution < -0.4 is 14.8 Å². The largest absolute Gasteiger partial charge is 0.486 e. The molecule has 4 rings (SSSR count). The van der Waals surface area contributed by atoms with Gasteiger partial charge in [-0.2, -0.15) is 0 Å². The molecular weight excluding hydrogens is 364 g/mol. The van der Waals surface area contributed by atoms with Crippen LogP contribution in [0.1, 0.15) is 54.2 Å². The van der Waals surface area contributed by atoms with Crippen molar-refractivity contribution >= 4 is 5.91 Å². The van der Waals surface area contributed by atoms with Crippen molar-refractivity contribution in [3.63, 3.8) is 0 Å². The summed E-state index contributed by atoms with van der Waals surface area (Å²) in [6.45, 7) is 8.14.